The minimum absolute atomic E-state index is 0.0853. The maximum Gasteiger partial charge on any atom is 0.332 e. The molecule has 8 heteroatoms. The average molecular weight is 374 g/mol. The van der Waals surface area contributed by atoms with E-state index in [0.717, 1.165) is 23.0 Å². The van der Waals surface area contributed by atoms with Crippen molar-refractivity contribution in [1.82, 2.24) is 14.5 Å². The third-order valence-corrected chi connectivity index (χ3v) is 5.00. The Labute approximate surface area is 156 Å². The second kappa shape index (κ2) is 7.77. The van der Waals surface area contributed by atoms with E-state index in [1.54, 1.807) is 19.2 Å². The van der Waals surface area contributed by atoms with Gasteiger partial charge in [-0.25, -0.2) is 9.18 Å². The largest absolute Gasteiger partial charge is 0.357 e. The number of rotatable bonds is 4. The number of carbonyl (C=O) groups is 1. The van der Waals surface area contributed by atoms with Crippen LogP contribution in [0.15, 0.2) is 39.9 Å². The summed E-state index contributed by atoms with van der Waals surface area (Å²) in [6.07, 6.45) is 1.53. The third kappa shape index (κ3) is 4.10. The Hall–Kier alpha value is -2.90. The Morgan fingerprint density at radius 1 is 1.19 bits per heavy atom. The standard InChI is InChI=1S/C19H23FN4O3/c1-22-16(10-17(25)23(2)19(22)27)24-9-3-4-14(12-24)18(26)21-11-13-5-7-15(20)8-6-13/h5-8,10,14H,3-4,9,11-12H2,1-2H3,(H,21,26)/t14-/m1/s1. The molecule has 0 aliphatic carbocycles. The number of aromatic nitrogens is 2. The second-order valence-corrected chi connectivity index (χ2v) is 6.87. The van der Waals surface area contributed by atoms with Crippen molar-refractivity contribution in [1.29, 1.82) is 0 Å². The highest BCUT2D eigenvalue weighted by Crippen LogP contribution is 2.21. The van der Waals surface area contributed by atoms with Crippen LogP contribution in [0.3, 0.4) is 0 Å². The maximum atomic E-state index is 13.0. The van der Waals surface area contributed by atoms with Crippen LogP contribution in [0.25, 0.3) is 0 Å². The van der Waals surface area contributed by atoms with E-state index in [0.29, 0.717) is 25.5 Å². The molecule has 1 aliphatic rings. The molecule has 0 unspecified atom stereocenters. The SMILES string of the molecule is Cn1c(N2CCC[C@@H](C(=O)NCc3ccc(F)cc3)C2)cc(=O)n(C)c1=O. The number of anilines is 1. The third-order valence-electron chi connectivity index (χ3n) is 5.00. The summed E-state index contributed by atoms with van der Waals surface area (Å²) in [6.45, 7) is 1.46. The highest BCUT2D eigenvalue weighted by Gasteiger charge is 2.27. The minimum Gasteiger partial charge on any atom is -0.357 e. The van der Waals surface area contributed by atoms with Crippen molar-refractivity contribution in [3.63, 3.8) is 0 Å². The smallest absolute Gasteiger partial charge is 0.332 e. The van der Waals surface area contributed by atoms with Gasteiger partial charge in [0, 0.05) is 39.8 Å². The molecule has 0 bridgehead atoms. The summed E-state index contributed by atoms with van der Waals surface area (Å²) in [5, 5.41) is 2.88. The Kier molecular flexibility index (Phi) is 5.43. The first-order valence-electron chi connectivity index (χ1n) is 8.91. The van der Waals surface area contributed by atoms with Crippen LogP contribution in [0.5, 0.6) is 0 Å². The monoisotopic (exact) mass is 374 g/mol. The number of nitrogens with zero attached hydrogens (tertiary/aromatic N) is 3. The Bertz CT molecular complexity index is 949. The molecule has 0 radical (unpaired) electrons. The van der Waals surface area contributed by atoms with E-state index in [1.165, 1.54) is 29.8 Å². The predicted molar refractivity (Wildman–Crippen MR) is 100 cm³/mol. The number of nitrogens with one attached hydrogen (secondary N) is 1. The highest BCUT2D eigenvalue weighted by molar-refractivity contribution is 5.79. The van der Waals surface area contributed by atoms with Gasteiger partial charge in [-0.3, -0.25) is 18.7 Å². The van der Waals surface area contributed by atoms with Crippen LogP contribution in [0.4, 0.5) is 10.2 Å². The number of halogens is 1. The molecule has 27 heavy (non-hydrogen) atoms. The fourth-order valence-electron chi connectivity index (χ4n) is 3.36. The molecule has 1 aliphatic heterocycles. The highest BCUT2D eigenvalue weighted by atomic mass is 19.1. The van der Waals surface area contributed by atoms with E-state index in [-0.39, 0.29) is 28.9 Å². The van der Waals surface area contributed by atoms with Crippen molar-refractivity contribution in [2.75, 3.05) is 18.0 Å². The lowest BCUT2D eigenvalue weighted by Crippen LogP contribution is -2.46. The van der Waals surface area contributed by atoms with Crippen LogP contribution in [-0.2, 0) is 25.4 Å². The number of piperidine rings is 1. The van der Waals surface area contributed by atoms with Crippen molar-refractivity contribution in [2.45, 2.75) is 19.4 Å². The van der Waals surface area contributed by atoms with Crippen molar-refractivity contribution >= 4 is 11.7 Å². The van der Waals surface area contributed by atoms with Gasteiger partial charge < -0.3 is 10.2 Å². The molecule has 2 heterocycles. The summed E-state index contributed by atoms with van der Waals surface area (Å²) >= 11 is 0. The first kappa shape index (κ1) is 18.9. The number of amides is 1. The fourth-order valence-corrected chi connectivity index (χ4v) is 3.36. The summed E-state index contributed by atoms with van der Waals surface area (Å²) in [4.78, 5) is 38.6. The Balaban J connectivity index is 1.69. The summed E-state index contributed by atoms with van der Waals surface area (Å²) in [7, 11) is 3.06. The predicted octanol–water partition coefficient (Wildman–Crippen LogP) is 0.756. The van der Waals surface area contributed by atoms with Crippen molar-refractivity contribution < 1.29 is 9.18 Å². The molecule has 1 amide bonds. The Morgan fingerprint density at radius 3 is 2.59 bits per heavy atom. The normalized spacial score (nSPS) is 17.0. The fraction of sp³-hybridized carbons (Fsp3) is 0.421. The average Bonchev–Trinajstić information content (AvgIpc) is 2.68. The molecule has 3 rings (SSSR count). The van der Waals surface area contributed by atoms with Gasteiger partial charge in [0.1, 0.15) is 11.6 Å². The van der Waals surface area contributed by atoms with Crippen LogP contribution >= 0.6 is 0 Å². The van der Waals surface area contributed by atoms with E-state index < -0.39 is 0 Å². The van der Waals surface area contributed by atoms with Gasteiger partial charge in [-0.15, -0.1) is 0 Å². The topological polar surface area (TPSA) is 76.3 Å². The molecule has 1 fully saturated rings. The molecular weight excluding hydrogens is 351 g/mol. The van der Waals surface area contributed by atoms with Crippen molar-refractivity contribution in [2.24, 2.45) is 20.0 Å². The number of hydrogen-bond acceptors (Lipinski definition) is 4. The molecule has 0 saturated carbocycles. The molecule has 1 aromatic heterocycles. The molecule has 1 N–H and O–H groups in total. The van der Waals surface area contributed by atoms with E-state index in [4.69, 9.17) is 0 Å². The van der Waals surface area contributed by atoms with E-state index in [1.807, 2.05) is 4.90 Å². The zero-order valence-electron chi connectivity index (χ0n) is 15.4. The molecular formula is C19H23FN4O3. The van der Waals surface area contributed by atoms with Crippen LogP contribution in [0.1, 0.15) is 18.4 Å². The summed E-state index contributed by atoms with van der Waals surface area (Å²) in [5.74, 6) is -0.108. The molecule has 1 saturated heterocycles. The maximum absolute atomic E-state index is 13.0. The molecule has 0 spiro atoms. The first-order valence-corrected chi connectivity index (χ1v) is 8.91. The lowest BCUT2D eigenvalue weighted by atomic mass is 9.97. The van der Waals surface area contributed by atoms with Crippen LogP contribution in [-0.4, -0.2) is 28.1 Å². The van der Waals surface area contributed by atoms with Gasteiger partial charge in [-0.1, -0.05) is 12.1 Å². The minimum atomic E-state index is -0.389. The number of carbonyl (C=O) groups excluding carboxylic acids is 1. The molecule has 1 atom stereocenters. The van der Waals surface area contributed by atoms with Gasteiger partial charge in [0.15, 0.2) is 0 Å². The molecule has 2 aromatic rings. The van der Waals surface area contributed by atoms with Gasteiger partial charge in [-0.2, -0.15) is 0 Å². The van der Waals surface area contributed by atoms with Crippen LogP contribution < -0.4 is 21.5 Å². The van der Waals surface area contributed by atoms with Gasteiger partial charge >= 0.3 is 5.69 Å². The van der Waals surface area contributed by atoms with Gasteiger partial charge in [0.25, 0.3) is 5.56 Å². The van der Waals surface area contributed by atoms with Crippen LogP contribution in [0, 0.1) is 11.7 Å². The summed E-state index contributed by atoms with van der Waals surface area (Å²) in [6, 6.07) is 7.43. The summed E-state index contributed by atoms with van der Waals surface area (Å²) in [5.41, 5.74) is 0.0720. The zero-order chi connectivity index (χ0) is 19.6. The van der Waals surface area contributed by atoms with E-state index in [2.05, 4.69) is 5.32 Å². The lowest BCUT2D eigenvalue weighted by molar-refractivity contribution is -0.125. The van der Waals surface area contributed by atoms with Crippen molar-refractivity contribution in [3.05, 3.63) is 62.6 Å². The second-order valence-electron chi connectivity index (χ2n) is 6.87. The quantitative estimate of drug-likeness (QED) is 0.857. The van der Waals surface area contributed by atoms with Crippen LogP contribution in [0.2, 0.25) is 0 Å². The first-order chi connectivity index (χ1) is 12.9. The number of benzene rings is 1. The van der Waals surface area contributed by atoms with E-state index in [9.17, 15) is 18.8 Å². The molecule has 144 valence electrons. The van der Waals surface area contributed by atoms with Gasteiger partial charge in [0.2, 0.25) is 5.91 Å². The van der Waals surface area contributed by atoms with Crippen molar-refractivity contribution in [3.8, 4) is 0 Å². The molecule has 7 nitrogen and oxygen atoms in total. The molecule has 1 aromatic carbocycles. The van der Waals surface area contributed by atoms with E-state index >= 15 is 0 Å². The van der Waals surface area contributed by atoms with Gasteiger partial charge in [0.05, 0.1) is 5.92 Å². The Morgan fingerprint density at radius 2 is 1.89 bits per heavy atom. The van der Waals surface area contributed by atoms with Gasteiger partial charge in [-0.05, 0) is 30.5 Å². The number of hydrogen-bond donors (Lipinski definition) is 1. The summed E-state index contributed by atoms with van der Waals surface area (Å²) < 4.78 is 15.4. The zero-order valence-corrected chi connectivity index (χ0v) is 15.4. The lowest BCUT2D eigenvalue weighted by Gasteiger charge is -2.34.